The zero-order valence-electron chi connectivity index (χ0n) is 11.3. The van der Waals surface area contributed by atoms with E-state index in [9.17, 15) is 9.59 Å². The van der Waals surface area contributed by atoms with Crippen LogP contribution in [0.4, 0.5) is 0 Å². The Bertz CT molecular complexity index is 567. The highest BCUT2D eigenvalue weighted by Gasteiger charge is 2.21. The fraction of sp³-hybridized carbons (Fsp3) is 0.333. The molecule has 1 saturated carbocycles. The second-order valence-electron chi connectivity index (χ2n) is 4.90. The topological polar surface area (TPSA) is 75.6 Å². The van der Waals surface area contributed by atoms with E-state index in [1.54, 1.807) is 18.2 Å². The lowest BCUT2D eigenvalue weighted by atomic mass is 10.2. The summed E-state index contributed by atoms with van der Waals surface area (Å²) in [6.07, 6.45) is 4.93. The zero-order valence-corrected chi connectivity index (χ0v) is 12.9. The smallest absolute Gasteiger partial charge is 0.328 e. The van der Waals surface area contributed by atoms with Crippen LogP contribution in [0.25, 0.3) is 6.08 Å². The van der Waals surface area contributed by atoms with E-state index in [1.807, 2.05) is 0 Å². The minimum atomic E-state index is -1.00. The number of nitrogens with one attached hydrogen (secondary N) is 1. The van der Waals surface area contributed by atoms with Crippen LogP contribution in [0.2, 0.25) is 0 Å². The van der Waals surface area contributed by atoms with Crippen molar-refractivity contribution in [1.29, 1.82) is 0 Å². The van der Waals surface area contributed by atoms with Crippen LogP contribution in [0.5, 0.6) is 5.75 Å². The Morgan fingerprint density at radius 3 is 2.81 bits per heavy atom. The van der Waals surface area contributed by atoms with E-state index < -0.39 is 5.97 Å². The summed E-state index contributed by atoms with van der Waals surface area (Å²) in [5, 5.41) is 11.4. The maximum atomic E-state index is 11.6. The molecule has 1 amide bonds. The lowest BCUT2D eigenvalue weighted by Crippen LogP contribution is -2.30. The maximum Gasteiger partial charge on any atom is 0.328 e. The molecule has 0 spiro atoms. The Labute approximate surface area is 131 Å². The van der Waals surface area contributed by atoms with Gasteiger partial charge < -0.3 is 15.2 Å². The summed E-state index contributed by atoms with van der Waals surface area (Å²) in [7, 11) is 0. The second-order valence-corrected chi connectivity index (χ2v) is 5.75. The molecule has 0 saturated heterocycles. The fourth-order valence-corrected chi connectivity index (χ4v) is 2.19. The van der Waals surface area contributed by atoms with Crippen LogP contribution < -0.4 is 10.1 Å². The molecular formula is C15H16BrNO4. The Balaban J connectivity index is 1.84. The summed E-state index contributed by atoms with van der Waals surface area (Å²) in [5.41, 5.74) is 0.731. The number of hydrogen-bond acceptors (Lipinski definition) is 3. The number of carboxylic acids is 1. The first-order valence-electron chi connectivity index (χ1n) is 6.64. The van der Waals surface area contributed by atoms with E-state index in [1.165, 1.54) is 18.9 Å². The van der Waals surface area contributed by atoms with E-state index in [-0.39, 0.29) is 12.5 Å². The molecule has 0 unspecified atom stereocenters. The Morgan fingerprint density at radius 2 is 2.19 bits per heavy atom. The average Bonchev–Trinajstić information content (AvgIpc) is 3.26. The molecule has 1 aliphatic rings. The summed E-state index contributed by atoms with van der Waals surface area (Å²) in [6, 6.07) is 5.15. The monoisotopic (exact) mass is 353 g/mol. The van der Waals surface area contributed by atoms with Gasteiger partial charge in [-0.15, -0.1) is 0 Å². The number of carboxylic acid groups (broad SMARTS) is 1. The number of amides is 1. The summed E-state index contributed by atoms with van der Waals surface area (Å²) in [4.78, 5) is 22.0. The van der Waals surface area contributed by atoms with Gasteiger partial charge in [-0.25, -0.2) is 4.79 Å². The molecule has 1 aliphatic carbocycles. The van der Waals surface area contributed by atoms with E-state index in [0.717, 1.165) is 18.2 Å². The molecule has 0 atom stereocenters. The zero-order chi connectivity index (χ0) is 15.2. The summed E-state index contributed by atoms with van der Waals surface area (Å²) in [6.45, 7) is 0.692. The maximum absolute atomic E-state index is 11.6. The van der Waals surface area contributed by atoms with Crippen molar-refractivity contribution in [2.45, 2.75) is 12.8 Å². The van der Waals surface area contributed by atoms with E-state index in [4.69, 9.17) is 9.84 Å². The first-order valence-corrected chi connectivity index (χ1v) is 7.44. The number of rotatable bonds is 7. The predicted molar refractivity (Wildman–Crippen MR) is 82.0 cm³/mol. The molecule has 112 valence electrons. The standard InChI is InChI=1S/C15H16BrNO4/c16-12-7-10(4-6-15(19)20)3-5-13(12)21-9-14(18)17-8-11-1-2-11/h3-7,11H,1-2,8-9H2,(H,17,18)(H,19,20). The van der Waals surface area contributed by atoms with E-state index in [0.29, 0.717) is 16.1 Å². The average molecular weight is 354 g/mol. The number of aliphatic carboxylic acids is 1. The van der Waals surface area contributed by atoms with E-state index >= 15 is 0 Å². The van der Waals surface area contributed by atoms with E-state index in [2.05, 4.69) is 21.2 Å². The molecule has 0 aliphatic heterocycles. The fourth-order valence-electron chi connectivity index (χ4n) is 1.68. The molecule has 6 heteroatoms. The van der Waals surface area contributed by atoms with Gasteiger partial charge in [0.1, 0.15) is 5.75 Å². The molecule has 1 aromatic carbocycles. The summed E-state index contributed by atoms with van der Waals surface area (Å²) >= 11 is 3.34. The van der Waals surface area contributed by atoms with Crippen molar-refractivity contribution >= 4 is 33.9 Å². The van der Waals surface area contributed by atoms with Crippen molar-refractivity contribution < 1.29 is 19.4 Å². The van der Waals surface area contributed by atoms with Gasteiger partial charge in [0.15, 0.2) is 6.61 Å². The van der Waals surface area contributed by atoms with Crippen LogP contribution in [0.1, 0.15) is 18.4 Å². The molecule has 1 fully saturated rings. The molecule has 21 heavy (non-hydrogen) atoms. The lowest BCUT2D eigenvalue weighted by Gasteiger charge is -2.09. The minimum Gasteiger partial charge on any atom is -0.483 e. The third kappa shape index (κ3) is 5.59. The number of ether oxygens (including phenoxy) is 1. The predicted octanol–water partition coefficient (Wildman–Crippen LogP) is 2.45. The molecule has 0 bridgehead atoms. The van der Waals surface area contributed by atoms with Gasteiger partial charge in [0.05, 0.1) is 4.47 Å². The SMILES string of the molecule is O=C(O)C=Cc1ccc(OCC(=O)NCC2CC2)c(Br)c1. The lowest BCUT2D eigenvalue weighted by molar-refractivity contribution is -0.131. The molecule has 5 nitrogen and oxygen atoms in total. The number of carbonyl (C=O) groups is 2. The second kappa shape index (κ2) is 7.26. The van der Waals surface area contributed by atoms with Crippen LogP contribution >= 0.6 is 15.9 Å². The highest BCUT2D eigenvalue weighted by Crippen LogP contribution is 2.28. The highest BCUT2D eigenvalue weighted by molar-refractivity contribution is 9.10. The van der Waals surface area contributed by atoms with Crippen molar-refractivity contribution in [3.05, 3.63) is 34.3 Å². The molecule has 0 aromatic heterocycles. The number of benzene rings is 1. The van der Waals surface area contributed by atoms with Crippen molar-refractivity contribution in [3.8, 4) is 5.75 Å². The largest absolute Gasteiger partial charge is 0.483 e. The number of hydrogen-bond donors (Lipinski definition) is 2. The Kier molecular flexibility index (Phi) is 5.38. The number of halogens is 1. The van der Waals surface area contributed by atoms with Crippen molar-refractivity contribution in [2.75, 3.05) is 13.2 Å². The van der Waals surface area contributed by atoms with Crippen molar-refractivity contribution in [2.24, 2.45) is 5.92 Å². The Hall–Kier alpha value is -1.82. The molecule has 0 radical (unpaired) electrons. The van der Waals surface area contributed by atoms with Gasteiger partial charge >= 0.3 is 5.97 Å². The summed E-state index contributed by atoms with van der Waals surface area (Å²) in [5.74, 6) is 0.0486. The third-order valence-corrected chi connectivity index (χ3v) is 3.64. The third-order valence-electron chi connectivity index (χ3n) is 3.02. The van der Waals surface area contributed by atoms with Crippen LogP contribution in [0.3, 0.4) is 0 Å². The van der Waals surface area contributed by atoms with Gasteiger partial charge in [-0.2, -0.15) is 0 Å². The van der Waals surface area contributed by atoms with Gasteiger partial charge in [-0.3, -0.25) is 4.79 Å². The molecule has 2 N–H and O–H groups in total. The van der Waals surface area contributed by atoms with Crippen molar-refractivity contribution in [1.82, 2.24) is 5.32 Å². The van der Waals surface area contributed by atoms with Gasteiger partial charge in [0, 0.05) is 12.6 Å². The normalized spacial score (nSPS) is 14.1. The first kappa shape index (κ1) is 15.6. The first-order chi connectivity index (χ1) is 10.0. The van der Waals surface area contributed by atoms with Crippen molar-refractivity contribution in [3.63, 3.8) is 0 Å². The van der Waals surface area contributed by atoms with Crippen LogP contribution in [0.15, 0.2) is 28.7 Å². The molecule has 1 aromatic rings. The number of carbonyl (C=O) groups excluding carboxylic acids is 1. The van der Waals surface area contributed by atoms with Crippen LogP contribution in [-0.4, -0.2) is 30.1 Å². The molecular weight excluding hydrogens is 338 g/mol. The van der Waals surface area contributed by atoms with Crippen LogP contribution in [0, 0.1) is 5.92 Å². The quantitative estimate of drug-likeness (QED) is 0.738. The minimum absolute atomic E-state index is 0.0321. The van der Waals surface area contributed by atoms with Gasteiger partial charge in [-0.05, 0) is 58.5 Å². The molecule has 2 rings (SSSR count). The van der Waals surface area contributed by atoms with Gasteiger partial charge in [0.2, 0.25) is 0 Å². The summed E-state index contributed by atoms with van der Waals surface area (Å²) < 4.78 is 6.10. The van der Waals surface area contributed by atoms with Gasteiger partial charge in [0.25, 0.3) is 5.91 Å². The van der Waals surface area contributed by atoms with Crippen LogP contribution in [-0.2, 0) is 9.59 Å². The molecule has 0 heterocycles. The highest BCUT2D eigenvalue weighted by atomic mass is 79.9. The van der Waals surface area contributed by atoms with Gasteiger partial charge in [-0.1, -0.05) is 6.07 Å². The Morgan fingerprint density at radius 1 is 1.43 bits per heavy atom.